The third-order valence-electron chi connectivity index (χ3n) is 5.73. The fraction of sp³-hybridized carbons (Fsp3) is 0.375. The Morgan fingerprint density at radius 1 is 0.933 bits per heavy atom. The van der Waals surface area contributed by atoms with Crippen molar-refractivity contribution in [1.82, 2.24) is 15.0 Å². The molecule has 3 heterocycles. The molecule has 1 aromatic carbocycles. The van der Waals surface area contributed by atoms with Crippen LogP contribution in [-0.2, 0) is 6.42 Å². The molecule has 5 rings (SSSR count). The van der Waals surface area contributed by atoms with E-state index in [-0.39, 0.29) is 0 Å². The number of ether oxygens (including phenoxy) is 1. The number of benzene rings is 1. The van der Waals surface area contributed by atoms with E-state index in [4.69, 9.17) is 4.74 Å². The predicted octanol–water partition coefficient (Wildman–Crippen LogP) is 4.97. The molecule has 0 spiro atoms. The SMILES string of the molecule is CCc1cnc(N2C[C@H]3C[C@H]3C2)nc1.COc1ccc(-c2ccc(SC)cc2)cn1. The zero-order chi connectivity index (χ0) is 20.9. The van der Waals surface area contributed by atoms with E-state index in [0.29, 0.717) is 5.88 Å². The summed E-state index contributed by atoms with van der Waals surface area (Å²) in [6.45, 7) is 4.48. The molecule has 2 fully saturated rings. The number of nitrogens with zero attached hydrogens (tertiary/aromatic N) is 4. The maximum absolute atomic E-state index is 5.03. The van der Waals surface area contributed by atoms with Crippen molar-refractivity contribution >= 4 is 17.7 Å². The Bertz CT molecular complexity index is 889. The van der Waals surface area contributed by atoms with E-state index in [1.54, 1.807) is 18.9 Å². The number of hydrogen-bond acceptors (Lipinski definition) is 6. The second kappa shape index (κ2) is 9.47. The molecule has 1 aliphatic heterocycles. The van der Waals surface area contributed by atoms with Crippen LogP contribution in [0.5, 0.6) is 5.88 Å². The van der Waals surface area contributed by atoms with Gasteiger partial charge in [0.1, 0.15) is 0 Å². The Morgan fingerprint density at radius 2 is 1.60 bits per heavy atom. The molecule has 2 aromatic heterocycles. The van der Waals surface area contributed by atoms with Gasteiger partial charge in [-0.2, -0.15) is 0 Å². The molecule has 1 saturated carbocycles. The van der Waals surface area contributed by atoms with Gasteiger partial charge in [0.15, 0.2) is 0 Å². The number of thioether (sulfide) groups is 1. The van der Waals surface area contributed by atoms with Gasteiger partial charge >= 0.3 is 0 Å². The lowest BCUT2D eigenvalue weighted by Crippen LogP contribution is -2.23. The summed E-state index contributed by atoms with van der Waals surface area (Å²) in [5.74, 6) is 3.47. The monoisotopic (exact) mass is 420 g/mol. The summed E-state index contributed by atoms with van der Waals surface area (Å²) in [4.78, 5) is 16.6. The second-order valence-corrected chi connectivity index (χ2v) is 8.60. The van der Waals surface area contributed by atoms with Crippen molar-refractivity contribution in [1.29, 1.82) is 0 Å². The zero-order valence-corrected chi connectivity index (χ0v) is 18.6. The summed E-state index contributed by atoms with van der Waals surface area (Å²) < 4.78 is 5.03. The summed E-state index contributed by atoms with van der Waals surface area (Å²) in [6, 6.07) is 12.3. The van der Waals surface area contributed by atoms with Crippen molar-refractivity contribution < 1.29 is 4.74 Å². The van der Waals surface area contributed by atoms with Gasteiger partial charge in [-0.15, -0.1) is 11.8 Å². The lowest BCUT2D eigenvalue weighted by Gasteiger charge is -2.17. The lowest BCUT2D eigenvalue weighted by molar-refractivity contribution is 0.398. The Kier molecular flexibility index (Phi) is 6.53. The highest BCUT2D eigenvalue weighted by atomic mass is 32.2. The van der Waals surface area contributed by atoms with Gasteiger partial charge in [0.25, 0.3) is 0 Å². The van der Waals surface area contributed by atoms with Crippen molar-refractivity contribution in [3.8, 4) is 17.0 Å². The van der Waals surface area contributed by atoms with E-state index in [1.807, 2.05) is 30.7 Å². The van der Waals surface area contributed by atoms with Crippen molar-refractivity contribution in [3.63, 3.8) is 0 Å². The number of aryl methyl sites for hydroxylation is 1. The second-order valence-electron chi connectivity index (χ2n) is 7.72. The Morgan fingerprint density at radius 3 is 2.13 bits per heavy atom. The van der Waals surface area contributed by atoms with Gasteiger partial charge in [0.05, 0.1) is 7.11 Å². The minimum absolute atomic E-state index is 0.643. The maximum atomic E-state index is 5.03. The van der Waals surface area contributed by atoms with Crippen LogP contribution < -0.4 is 9.64 Å². The molecule has 0 N–H and O–H groups in total. The van der Waals surface area contributed by atoms with E-state index in [1.165, 1.54) is 35.5 Å². The first-order valence-electron chi connectivity index (χ1n) is 10.4. The molecule has 1 saturated heterocycles. The number of hydrogen-bond donors (Lipinski definition) is 0. The van der Waals surface area contributed by atoms with E-state index < -0.39 is 0 Å². The molecule has 3 aromatic rings. The zero-order valence-electron chi connectivity index (χ0n) is 17.8. The topological polar surface area (TPSA) is 51.1 Å². The highest BCUT2D eigenvalue weighted by Crippen LogP contribution is 2.45. The van der Waals surface area contributed by atoms with E-state index in [9.17, 15) is 0 Å². The molecule has 2 aliphatic rings. The molecular weight excluding hydrogens is 392 g/mol. The standard InChI is InChI=1S/C13H13NOS.C11H15N3/c1-15-13-8-5-11(9-14-13)10-3-6-12(16-2)7-4-10;1-2-8-4-12-11(13-5-8)14-6-9-3-10(9)7-14/h3-9H,1-2H3;4-5,9-10H,2-3,6-7H2,1H3/t;9-,10+. The van der Waals surface area contributed by atoms with E-state index >= 15 is 0 Å². The normalized spacial score (nSPS) is 19.0. The van der Waals surface area contributed by atoms with Crippen LogP contribution in [-0.4, -0.2) is 41.4 Å². The van der Waals surface area contributed by atoms with Crippen molar-refractivity contribution in [3.05, 3.63) is 60.6 Å². The third-order valence-corrected chi connectivity index (χ3v) is 6.47. The largest absolute Gasteiger partial charge is 0.481 e. The Hall–Kier alpha value is -2.60. The molecule has 5 nitrogen and oxygen atoms in total. The van der Waals surface area contributed by atoms with Crippen LogP contribution in [0.4, 0.5) is 5.95 Å². The average Bonchev–Trinajstić information content (AvgIpc) is 3.44. The highest BCUT2D eigenvalue weighted by Gasteiger charge is 2.45. The van der Waals surface area contributed by atoms with Gasteiger partial charge in [-0.3, -0.25) is 0 Å². The third kappa shape index (κ3) is 4.93. The first kappa shape index (κ1) is 20.7. The van der Waals surface area contributed by atoms with Crippen LogP contribution in [0.2, 0.25) is 0 Å². The highest BCUT2D eigenvalue weighted by molar-refractivity contribution is 7.98. The summed E-state index contributed by atoms with van der Waals surface area (Å²) in [7, 11) is 1.62. The van der Waals surface area contributed by atoms with Gasteiger partial charge in [-0.25, -0.2) is 15.0 Å². The van der Waals surface area contributed by atoms with Gasteiger partial charge in [0, 0.05) is 48.2 Å². The molecule has 0 bridgehead atoms. The quantitative estimate of drug-likeness (QED) is 0.543. The molecule has 30 heavy (non-hydrogen) atoms. The summed E-state index contributed by atoms with van der Waals surface area (Å²) in [5, 5.41) is 0. The van der Waals surface area contributed by atoms with Gasteiger partial charge in [-0.05, 0) is 60.3 Å². The van der Waals surface area contributed by atoms with Crippen LogP contribution in [0.25, 0.3) is 11.1 Å². The fourth-order valence-corrected chi connectivity index (χ4v) is 4.12. The summed E-state index contributed by atoms with van der Waals surface area (Å²) in [6.07, 6.45) is 10.3. The van der Waals surface area contributed by atoms with Gasteiger partial charge in [0.2, 0.25) is 11.8 Å². The van der Waals surface area contributed by atoms with Crippen LogP contribution >= 0.6 is 11.8 Å². The minimum atomic E-state index is 0.643. The van der Waals surface area contributed by atoms with Crippen LogP contribution in [0.3, 0.4) is 0 Å². The number of anilines is 1. The smallest absolute Gasteiger partial charge is 0.225 e. The average molecular weight is 421 g/mol. The maximum Gasteiger partial charge on any atom is 0.225 e. The van der Waals surface area contributed by atoms with Crippen LogP contribution in [0, 0.1) is 11.8 Å². The summed E-state index contributed by atoms with van der Waals surface area (Å²) in [5.41, 5.74) is 3.50. The molecule has 0 radical (unpaired) electrons. The first-order chi connectivity index (χ1) is 14.7. The number of fused-ring (bicyclic) bond motifs is 1. The minimum Gasteiger partial charge on any atom is -0.481 e. The fourth-order valence-electron chi connectivity index (χ4n) is 3.71. The molecular formula is C24H28N4OS. The number of methoxy groups -OCH3 is 1. The Labute approximate surface area is 182 Å². The van der Waals surface area contributed by atoms with Gasteiger partial charge in [-0.1, -0.05) is 19.1 Å². The van der Waals surface area contributed by atoms with E-state index in [0.717, 1.165) is 29.8 Å². The predicted molar refractivity (Wildman–Crippen MR) is 123 cm³/mol. The first-order valence-corrected chi connectivity index (χ1v) is 11.6. The molecule has 2 atom stereocenters. The molecule has 0 unspecified atom stereocenters. The molecule has 1 aliphatic carbocycles. The van der Waals surface area contributed by atoms with Crippen LogP contribution in [0.1, 0.15) is 18.9 Å². The lowest BCUT2D eigenvalue weighted by atomic mass is 10.1. The number of piperidine rings is 1. The number of pyridine rings is 1. The van der Waals surface area contributed by atoms with E-state index in [2.05, 4.69) is 57.3 Å². The molecule has 0 amide bonds. The van der Waals surface area contributed by atoms with Crippen molar-refractivity contribution in [2.24, 2.45) is 11.8 Å². The Balaban J connectivity index is 0.000000146. The number of rotatable bonds is 5. The van der Waals surface area contributed by atoms with Crippen molar-refractivity contribution in [2.75, 3.05) is 31.4 Å². The molecule has 156 valence electrons. The van der Waals surface area contributed by atoms with Crippen molar-refractivity contribution in [2.45, 2.75) is 24.7 Å². The number of aromatic nitrogens is 3. The molecule has 6 heteroatoms. The van der Waals surface area contributed by atoms with Crippen LogP contribution in [0.15, 0.2) is 59.9 Å². The van der Waals surface area contributed by atoms with Gasteiger partial charge < -0.3 is 9.64 Å². The summed E-state index contributed by atoms with van der Waals surface area (Å²) >= 11 is 1.74.